The number of phenols is 1. The Balaban J connectivity index is 2.06. The summed E-state index contributed by atoms with van der Waals surface area (Å²) in [6, 6.07) is 4.65. The highest BCUT2D eigenvalue weighted by atomic mass is 79.9. The lowest BCUT2D eigenvalue weighted by Crippen LogP contribution is -2.35. The van der Waals surface area contributed by atoms with Crippen molar-refractivity contribution in [3.05, 3.63) is 38.6 Å². The van der Waals surface area contributed by atoms with Gasteiger partial charge >= 0.3 is 0 Å². The summed E-state index contributed by atoms with van der Waals surface area (Å²) in [7, 11) is 1.46. The topological polar surface area (TPSA) is 154 Å². The van der Waals surface area contributed by atoms with Crippen LogP contribution >= 0.6 is 15.9 Å². The number of aliphatic hydroxyl groups excluding tert-OH is 2. The standard InChI is InChI=1S/C22H26BrN5O5/c1-33-22-13(23)7-16(31)20-18(22)21(32)17-14(25-6-2-5-24)4-3-12-15(27-28(20)19(12)17)8-26-11(9-29)10-30/h3-4,7,11,25-26,29-31H,2,5-6,8-10,24H2,1H3. The van der Waals surface area contributed by atoms with Gasteiger partial charge in [-0.25, -0.2) is 4.52 Å². The van der Waals surface area contributed by atoms with Crippen LogP contribution in [0.2, 0.25) is 0 Å². The van der Waals surface area contributed by atoms with Crippen LogP contribution in [-0.2, 0) is 6.54 Å². The molecular weight excluding hydrogens is 494 g/mol. The largest absolute Gasteiger partial charge is 0.506 e. The van der Waals surface area contributed by atoms with E-state index in [9.17, 15) is 20.1 Å². The van der Waals surface area contributed by atoms with E-state index in [0.717, 1.165) is 11.8 Å². The highest BCUT2D eigenvalue weighted by Crippen LogP contribution is 2.40. The van der Waals surface area contributed by atoms with Gasteiger partial charge in [0.25, 0.3) is 0 Å². The molecule has 0 aliphatic rings. The first-order chi connectivity index (χ1) is 16.0. The van der Waals surface area contributed by atoms with Crippen LogP contribution in [-0.4, -0.2) is 64.4 Å². The van der Waals surface area contributed by atoms with E-state index in [1.54, 1.807) is 4.52 Å². The molecule has 2 heterocycles. The first kappa shape index (κ1) is 23.5. The van der Waals surface area contributed by atoms with Gasteiger partial charge in [0, 0.05) is 30.2 Å². The molecule has 0 bridgehead atoms. The van der Waals surface area contributed by atoms with E-state index in [1.807, 2.05) is 12.1 Å². The van der Waals surface area contributed by atoms with Crippen LogP contribution < -0.4 is 26.5 Å². The van der Waals surface area contributed by atoms with Gasteiger partial charge in [-0.05, 0) is 41.0 Å². The molecule has 0 saturated carbocycles. The second-order valence-electron chi connectivity index (χ2n) is 7.72. The lowest BCUT2D eigenvalue weighted by atomic mass is 10.0. The number of phenolic OH excluding ortho intramolecular Hbond substituents is 1. The van der Waals surface area contributed by atoms with Gasteiger partial charge in [0.1, 0.15) is 17.0 Å². The molecule has 0 amide bonds. The number of anilines is 1. The van der Waals surface area contributed by atoms with E-state index < -0.39 is 6.04 Å². The third kappa shape index (κ3) is 3.96. The molecule has 0 aliphatic heterocycles. The normalized spacial score (nSPS) is 11.9. The van der Waals surface area contributed by atoms with Crippen molar-refractivity contribution in [3.8, 4) is 11.5 Å². The number of nitrogens with two attached hydrogens (primary N) is 1. The van der Waals surface area contributed by atoms with Crippen molar-refractivity contribution in [1.29, 1.82) is 0 Å². The lowest BCUT2D eigenvalue weighted by Gasteiger charge is -2.14. The number of methoxy groups -OCH3 is 1. The zero-order valence-corrected chi connectivity index (χ0v) is 19.6. The Morgan fingerprint density at radius 3 is 2.67 bits per heavy atom. The summed E-state index contributed by atoms with van der Waals surface area (Å²) in [6.45, 7) is 0.881. The molecule has 0 saturated heterocycles. The number of ether oxygens (including phenoxy) is 1. The fourth-order valence-corrected chi connectivity index (χ4v) is 4.63. The predicted octanol–water partition coefficient (Wildman–Crippen LogP) is 1.12. The van der Waals surface area contributed by atoms with Gasteiger partial charge < -0.3 is 36.4 Å². The number of hydrogen-bond acceptors (Lipinski definition) is 9. The van der Waals surface area contributed by atoms with Crippen molar-refractivity contribution in [1.82, 2.24) is 14.9 Å². The second-order valence-corrected chi connectivity index (χ2v) is 8.57. The Morgan fingerprint density at radius 2 is 2.00 bits per heavy atom. The molecule has 4 aromatic rings. The number of benzene rings is 2. The van der Waals surface area contributed by atoms with Gasteiger partial charge in [-0.1, -0.05) is 0 Å². The molecular formula is C22H26BrN5O5. The average Bonchev–Trinajstić information content (AvgIpc) is 3.17. The van der Waals surface area contributed by atoms with Crippen molar-refractivity contribution < 1.29 is 20.1 Å². The van der Waals surface area contributed by atoms with Gasteiger partial charge in [0.05, 0.1) is 52.8 Å². The lowest BCUT2D eigenvalue weighted by molar-refractivity contribution is 0.170. The molecule has 2 aromatic carbocycles. The number of fused-ring (bicyclic) bond motifs is 2. The van der Waals surface area contributed by atoms with Gasteiger partial charge in [-0.3, -0.25) is 4.79 Å². The highest BCUT2D eigenvalue weighted by molar-refractivity contribution is 9.10. The summed E-state index contributed by atoms with van der Waals surface area (Å²) in [5.41, 5.74) is 7.37. The first-order valence-corrected chi connectivity index (χ1v) is 11.3. The summed E-state index contributed by atoms with van der Waals surface area (Å²) < 4.78 is 7.52. The maximum Gasteiger partial charge on any atom is 0.203 e. The van der Waals surface area contributed by atoms with Crippen LogP contribution in [0, 0.1) is 0 Å². The maximum atomic E-state index is 13.8. The molecule has 33 heavy (non-hydrogen) atoms. The molecule has 0 unspecified atom stereocenters. The molecule has 11 heteroatoms. The molecule has 7 N–H and O–H groups in total. The molecule has 10 nitrogen and oxygen atoms in total. The number of rotatable bonds is 10. The van der Waals surface area contributed by atoms with Crippen molar-refractivity contribution in [2.45, 2.75) is 19.0 Å². The van der Waals surface area contributed by atoms with Crippen LogP contribution in [0.4, 0.5) is 5.69 Å². The van der Waals surface area contributed by atoms with Gasteiger partial charge in [-0.15, -0.1) is 0 Å². The summed E-state index contributed by atoms with van der Waals surface area (Å²) in [6.07, 6.45) is 0.732. The van der Waals surface area contributed by atoms with Crippen LogP contribution in [0.25, 0.3) is 27.2 Å². The molecule has 0 spiro atoms. The summed E-state index contributed by atoms with van der Waals surface area (Å²) in [5, 5.41) is 42.0. The zero-order chi connectivity index (χ0) is 23.7. The van der Waals surface area contributed by atoms with Gasteiger partial charge in [0.15, 0.2) is 0 Å². The number of nitrogens with one attached hydrogen (secondary N) is 2. The van der Waals surface area contributed by atoms with E-state index in [1.165, 1.54) is 13.2 Å². The molecule has 0 radical (unpaired) electrons. The van der Waals surface area contributed by atoms with Crippen LogP contribution in [0.1, 0.15) is 12.1 Å². The van der Waals surface area contributed by atoms with Crippen LogP contribution in [0.3, 0.4) is 0 Å². The number of aromatic nitrogens is 2. The van der Waals surface area contributed by atoms with E-state index >= 15 is 0 Å². The van der Waals surface area contributed by atoms with E-state index in [4.69, 9.17) is 15.6 Å². The highest BCUT2D eigenvalue weighted by Gasteiger charge is 2.25. The fourth-order valence-electron chi connectivity index (χ4n) is 4.05. The van der Waals surface area contributed by atoms with Crippen LogP contribution in [0.15, 0.2) is 27.5 Å². The Kier molecular flexibility index (Phi) is 6.86. The molecule has 0 fully saturated rings. The fraction of sp³-hybridized carbons (Fsp3) is 0.364. The van der Waals surface area contributed by atoms with E-state index in [0.29, 0.717) is 45.6 Å². The van der Waals surface area contributed by atoms with Crippen molar-refractivity contribution in [2.24, 2.45) is 5.73 Å². The second kappa shape index (κ2) is 9.65. The summed E-state index contributed by atoms with van der Waals surface area (Å²) in [4.78, 5) is 13.8. The minimum atomic E-state index is -0.509. The van der Waals surface area contributed by atoms with Gasteiger partial charge in [0.2, 0.25) is 5.43 Å². The third-order valence-electron chi connectivity index (χ3n) is 5.67. The first-order valence-electron chi connectivity index (χ1n) is 10.5. The van der Waals surface area contributed by atoms with E-state index in [2.05, 4.69) is 26.6 Å². The van der Waals surface area contributed by atoms with E-state index in [-0.39, 0.29) is 41.8 Å². The molecule has 0 atom stereocenters. The monoisotopic (exact) mass is 519 g/mol. The number of hydrogen-bond donors (Lipinski definition) is 6. The molecule has 2 aromatic heterocycles. The Morgan fingerprint density at radius 1 is 1.24 bits per heavy atom. The molecule has 0 aliphatic carbocycles. The zero-order valence-electron chi connectivity index (χ0n) is 18.1. The molecule has 176 valence electrons. The maximum absolute atomic E-state index is 13.8. The number of aliphatic hydroxyl groups is 2. The Hall–Kier alpha value is -2.70. The van der Waals surface area contributed by atoms with Crippen LogP contribution in [0.5, 0.6) is 11.5 Å². The number of nitrogens with zero attached hydrogens (tertiary/aromatic N) is 2. The van der Waals surface area contributed by atoms with Crippen molar-refractivity contribution in [2.75, 3.05) is 38.7 Å². The summed E-state index contributed by atoms with van der Waals surface area (Å²) >= 11 is 3.37. The smallest absolute Gasteiger partial charge is 0.203 e. The number of pyridine rings is 1. The minimum Gasteiger partial charge on any atom is -0.506 e. The SMILES string of the molecule is COc1c(Br)cc(O)c2c1c(=O)c1c(NCCCN)ccc3c(CNC(CO)CO)nn2c31. The summed E-state index contributed by atoms with van der Waals surface area (Å²) in [5.74, 6) is 0.185. The van der Waals surface area contributed by atoms with Crippen molar-refractivity contribution >= 4 is 48.8 Å². The van der Waals surface area contributed by atoms with Crippen molar-refractivity contribution in [3.63, 3.8) is 0 Å². The Bertz CT molecular complexity index is 1350. The van der Waals surface area contributed by atoms with Gasteiger partial charge in [-0.2, -0.15) is 5.10 Å². The quantitative estimate of drug-likeness (QED) is 0.133. The Labute approximate surface area is 197 Å². The predicted molar refractivity (Wildman–Crippen MR) is 131 cm³/mol. The molecule has 4 rings (SSSR count). The number of halogens is 1. The average molecular weight is 520 g/mol. The number of aromatic hydroxyl groups is 1. The third-order valence-corrected chi connectivity index (χ3v) is 6.26. The minimum absolute atomic E-state index is 0.120.